The minimum absolute atomic E-state index is 0.0113. The van der Waals surface area contributed by atoms with Gasteiger partial charge in [0.15, 0.2) is 0 Å². The molecule has 1 heterocycles. The fraction of sp³-hybridized carbons (Fsp3) is 0.316. The summed E-state index contributed by atoms with van der Waals surface area (Å²) in [5, 5.41) is 0.951. The van der Waals surface area contributed by atoms with E-state index in [0.29, 0.717) is 49.1 Å². The summed E-state index contributed by atoms with van der Waals surface area (Å²) in [5.74, 6) is -0.0113. The molecule has 0 bridgehead atoms. The van der Waals surface area contributed by atoms with Crippen LogP contribution in [0, 0.1) is 0 Å². The molecular formula is C19H20Cl2N2O3S. The lowest BCUT2D eigenvalue weighted by molar-refractivity contribution is -0.132. The lowest BCUT2D eigenvalue weighted by atomic mass is 10.1. The second-order valence-corrected chi connectivity index (χ2v) is 9.03. The second-order valence-electron chi connectivity index (χ2n) is 6.31. The van der Waals surface area contributed by atoms with Gasteiger partial charge in [0, 0.05) is 32.6 Å². The van der Waals surface area contributed by atoms with Crippen LogP contribution in [0.3, 0.4) is 0 Å². The van der Waals surface area contributed by atoms with E-state index >= 15 is 0 Å². The zero-order valence-electron chi connectivity index (χ0n) is 14.6. The van der Waals surface area contributed by atoms with Crippen LogP contribution in [-0.4, -0.2) is 49.7 Å². The number of amides is 1. The van der Waals surface area contributed by atoms with Crippen molar-refractivity contribution in [3.05, 3.63) is 64.1 Å². The molecule has 1 fully saturated rings. The average Bonchev–Trinajstić information content (AvgIpc) is 2.69. The van der Waals surface area contributed by atoms with Crippen molar-refractivity contribution in [2.24, 2.45) is 0 Å². The van der Waals surface area contributed by atoms with E-state index in [1.54, 1.807) is 47.4 Å². The Hall–Kier alpha value is -1.60. The smallest absolute Gasteiger partial charge is 0.243 e. The highest BCUT2D eigenvalue weighted by atomic mass is 35.5. The third-order valence-electron chi connectivity index (χ3n) is 4.61. The fourth-order valence-electron chi connectivity index (χ4n) is 3.06. The number of carbonyl (C=O) groups is 1. The molecule has 1 aliphatic heterocycles. The van der Waals surface area contributed by atoms with Crippen LogP contribution in [0.25, 0.3) is 0 Å². The van der Waals surface area contributed by atoms with Crippen molar-refractivity contribution in [2.75, 3.05) is 26.2 Å². The van der Waals surface area contributed by atoms with Gasteiger partial charge in [0.1, 0.15) is 0 Å². The van der Waals surface area contributed by atoms with Crippen molar-refractivity contribution in [3.63, 3.8) is 0 Å². The van der Waals surface area contributed by atoms with Crippen LogP contribution in [0.1, 0.15) is 12.0 Å². The van der Waals surface area contributed by atoms with Crippen LogP contribution in [0.4, 0.5) is 0 Å². The minimum Gasteiger partial charge on any atom is -0.340 e. The van der Waals surface area contributed by atoms with Gasteiger partial charge in [-0.2, -0.15) is 4.31 Å². The Bertz CT molecular complexity index is 912. The molecule has 8 heteroatoms. The molecule has 27 heavy (non-hydrogen) atoms. The maximum absolute atomic E-state index is 12.6. The normalized spacial score (nSPS) is 15.7. The van der Waals surface area contributed by atoms with Gasteiger partial charge in [0.2, 0.25) is 15.9 Å². The largest absolute Gasteiger partial charge is 0.340 e. The Balaban J connectivity index is 1.56. The van der Waals surface area contributed by atoms with Crippen LogP contribution < -0.4 is 0 Å². The predicted octanol–water partition coefficient (Wildman–Crippen LogP) is 3.46. The SMILES string of the molecule is O=C(CCc1cccc(Cl)c1Cl)N1CCN(S(=O)(=O)c2ccccc2)CC1. The zero-order valence-corrected chi connectivity index (χ0v) is 17.0. The number of nitrogens with zero attached hydrogens (tertiary/aromatic N) is 2. The van der Waals surface area contributed by atoms with Gasteiger partial charge in [-0.15, -0.1) is 0 Å². The van der Waals surface area contributed by atoms with Gasteiger partial charge < -0.3 is 4.90 Å². The van der Waals surface area contributed by atoms with Gasteiger partial charge in [0.05, 0.1) is 14.9 Å². The minimum atomic E-state index is -3.51. The van der Waals surface area contributed by atoms with Gasteiger partial charge in [0.25, 0.3) is 0 Å². The third kappa shape index (κ3) is 4.63. The molecule has 0 atom stereocenters. The summed E-state index contributed by atoms with van der Waals surface area (Å²) >= 11 is 12.2. The fourth-order valence-corrected chi connectivity index (χ4v) is 4.92. The number of aryl methyl sites for hydroxylation is 1. The maximum Gasteiger partial charge on any atom is 0.243 e. The topological polar surface area (TPSA) is 57.7 Å². The van der Waals surface area contributed by atoms with E-state index in [2.05, 4.69) is 0 Å². The molecule has 5 nitrogen and oxygen atoms in total. The molecule has 1 aliphatic rings. The van der Waals surface area contributed by atoms with Crippen LogP contribution in [0.15, 0.2) is 53.4 Å². The van der Waals surface area contributed by atoms with Gasteiger partial charge >= 0.3 is 0 Å². The van der Waals surface area contributed by atoms with Crippen LogP contribution in [0.5, 0.6) is 0 Å². The first-order valence-corrected chi connectivity index (χ1v) is 10.8. The first-order chi connectivity index (χ1) is 12.9. The lowest BCUT2D eigenvalue weighted by Gasteiger charge is -2.34. The maximum atomic E-state index is 12.6. The summed E-state index contributed by atoms with van der Waals surface area (Å²) in [6.45, 7) is 1.35. The van der Waals surface area contributed by atoms with Gasteiger partial charge in [-0.3, -0.25) is 4.79 Å². The van der Waals surface area contributed by atoms with E-state index in [0.717, 1.165) is 5.56 Å². The lowest BCUT2D eigenvalue weighted by Crippen LogP contribution is -2.50. The van der Waals surface area contributed by atoms with Crippen LogP contribution in [0.2, 0.25) is 10.0 Å². The second kappa shape index (κ2) is 8.61. The summed E-state index contributed by atoms with van der Waals surface area (Å²) in [6, 6.07) is 13.7. The van der Waals surface area contributed by atoms with Gasteiger partial charge in [-0.1, -0.05) is 53.5 Å². The number of benzene rings is 2. The molecule has 0 radical (unpaired) electrons. The van der Waals surface area contributed by atoms with E-state index in [1.165, 1.54) is 4.31 Å². The molecule has 0 N–H and O–H groups in total. The molecule has 0 aliphatic carbocycles. The summed E-state index contributed by atoms with van der Waals surface area (Å²) in [4.78, 5) is 14.5. The summed E-state index contributed by atoms with van der Waals surface area (Å²) in [6.07, 6.45) is 0.812. The summed E-state index contributed by atoms with van der Waals surface area (Å²) in [7, 11) is -3.51. The summed E-state index contributed by atoms with van der Waals surface area (Å²) in [5.41, 5.74) is 0.836. The molecule has 0 saturated carbocycles. The van der Waals surface area contributed by atoms with Crippen molar-refractivity contribution in [1.29, 1.82) is 0 Å². The Morgan fingerprint density at radius 2 is 1.59 bits per heavy atom. The number of halogens is 2. The number of sulfonamides is 1. The molecule has 2 aromatic carbocycles. The van der Waals surface area contributed by atoms with E-state index in [9.17, 15) is 13.2 Å². The summed E-state index contributed by atoms with van der Waals surface area (Å²) < 4.78 is 26.7. The Labute approximate surface area is 169 Å². The van der Waals surface area contributed by atoms with Gasteiger partial charge in [-0.05, 0) is 30.2 Å². The van der Waals surface area contributed by atoms with E-state index < -0.39 is 10.0 Å². The molecule has 1 amide bonds. The quantitative estimate of drug-likeness (QED) is 0.735. The molecule has 1 saturated heterocycles. The van der Waals surface area contributed by atoms with Gasteiger partial charge in [-0.25, -0.2) is 8.42 Å². The Kier molecular flexibility index (Phi) is 6.42. The number of hydrogen-bond acceptors (Lipinski definition) is 3. The number of hydrogen-bond donors (Lipinski definition) is 0. The highest BCUT2D eigenvalue weighted by Crippen LogP contribution is 2.26. The first kappa shape index (κ1) is 20.1. The van der Waals surface area contributed by atoms with Crippen molar-refractivity contribution in [3.8, 4) is 0 Å². The van der Waals surface area contributed by atoms with E-state index in [4.69, 9.17) is 23.2 Å². The molecule has 2 aromatic rings. The van der Waals surface area contributed by atoms with Crippen molar-refractivity contribution in [2.45, 2.75) is 17.7 Å². The molecule has 0 spiro atoms. The van der Waals surface area contributed by atoms with E-state index in [1.807, 2.05) is 6.07 Å². The number of carbonyl (C=O) groups excluding carboxylic acids is 1. The standard InChI is InChI=1S/C19H20Cl2N2O3S/c20-17-8-4-5-15(19(17)21)9-10-18(24)22-11-13-23(14-12-22)27(25,26)16-6-2-1-3-7-16/h1-8H,9-14H2. The molecular weight excluding hydrogens is 407 g/mol. The van der Waals surface area contributed by atoms with Crippen molar-refractivity contribution >= 4 is 39.1 Å². The van der Waals surface area contributed by atoms with Crippen LogP contribution in [-0.2, 0) is 21.2 Å². The Morgan fingerprint density at radius 3 is 2.26 bits per heavy atom. The molecule has 0 unspecified atom stereocenters. The molecule has 3 rings (SSSR count). The van der Waals surface area contributed by atoms with Crippen LogP contribution >= 0.6 is 23.2 Å². The van der Waals surface area contributed by atoms with Crippen molar-refractivity contribution in [1.82, 2.24) is 9.21 Å². The highest BCUT2D eigenvalue weighted by Gasteiger charge is 2.29. The first-order valence-electron chi connectivity index (χ1n) is 8.65. The third-order valence-corrected chi connectivity index (χ3v) is 7.38. The number of rotatable bonds is 5. The monoisotopic (exact) mass is 426 g/mol. The number of piperazine rings is 1. The zero-order chi connectivity index (χ0) is 19.4. The average molecular weight is 427 g/mol. The van der Waals surface area contributed by atoms with E-state index in [-0.39, 0.29) is 10.8 Å². The molecule has 144 valence electrons. The predicted molar refractivity (Wildman–Crippen MR) is 107 cm³/mol. The van der Waals surface area contributed by atoms with Crippen molar-refractivity contribution < 1.29 is 13.2 Å². The Morgan fingerprint density at radius 1 is 0.926 bits per heavy atom. The molecule has 0 aromatic heterocycles. The highest BCUT2D eigenvalue weighted by molar-refractivity contribution is 7.89.